The van der Waals surface area contributed by atoms with Gasteiger partial charge in [0.05, 0.1) is 26.7 Å². The van der Waals surface area contributed by atoms with Crippen molar-refractivity contribution in [1.82, 2.24) is 14.5 Å². The minimum absolute atomic E-state index is 0.156. The first-order valence-corrected chi connectivity index (χ1v) is 13.7. The molecule has 7 nitrogen and oxygen atoms in total. The Morgan fingerprint density at radius 1 is 1.18 bits per heavy atom. The molecule has 0 atom stereocenters. The molecule has 0 aliphatic carbocycles. The molecule has 0 saturated heterocycles. The molecule has 2 aromatic heterocycles. The summed E-state index contributed by atoms with van der Waals surface area (Å²) in [6.45, 7) is 6.53. The van der Waals surface area contributed by atoms with E-state index in [2.05, 4.69) is 24.0 Å². The smallest absolute Gasteiger partial charge is 0.260 e. The Bertz CT molecular complexity index is 1390. The van der Waals surface area contributed by atoms with Gasteiger partial charge in [0, 0.05) is 31.0 Å². The predicted octanol–water partition coefficient (Wildman–Crippen LogP) is 4.97. The molecule has 0 fully saturated rings. The van der Waals surface area contributed by atoms with Crippen molar-refractivity contribution in [3.63, 3.8) is 0 Å². The number of amides is 1. The van der Waals surface area contributed by atoms with Gasteiger partial charge >= 0.3 is 0 Å². The fourth-order valence-corrected chi connectivity index (χ4v) is 5.80. The van der Waals surface area contributed by atoms with E-state index < -0.39 is 15.1 Å². The summed E-state index contributed by atoms with van der Waals surface area (Å²) in [7, 11) is -3.49. The third kappa shape index (κ3) is 5.05. The van der Waals surface area contributed by atoms with Crippen LogP contribution in [0, 0.1) is 0 Å². The lowest BCUT2D eigenvalue weighted by atomic mass is 10.2. The average molecular weight is 497 g/mol. The SMILES string of the molecule is CCc1ccc2nc(N(CCCn3ccnc3)C(=O)c3cccc(S(=O)(=O)C(C)C)c3)sc2c1. The van der Waals surface area contributed by atoms with Crippen LogP contribution in [0.2, 0.25) is 0 Å². The summed E-state index contributed by atoms with van der Waals surface area (Å²) in [5.74, 6) is -0.263. The summed E-state index contributed by atoms with van der Waals surface area (Å²) in [5, 5.41) is 0.0390. The number of aryl methyl sites for hydroxylation is 2. The summed E-state index contributed by atoms with van der Waals surface area (Å²) in [4.78, 5) is 24.3. The molecule has 0 aliphatic rings. The second-order valence-corrected chi connectivity index (χ2v) is 11.9. The number of nitrogens with zero attached hydrogens (tertiary/aromatic N) is 4. The Kier molecular flexibility index (Phi) is 7.13. The van der Waals surface area contributed by atoms with Crippen molar-refractivity contribution in [1.29, 1.82) is 0 Å². The van der Waals surface area contributed by atoms with E-state index in [-0.39, 0.29) is 10.8 Å². The number of sulfone groups is 1. The van der Waals surface area contributed by atoms with Crippen molar-refractivity contribution in [2.45, 2.75) is 50.3 Å². The van der Waals surface area contributed by atoms with Gasteiger partial charge in [-0.2, -0.15) is 0 Å². The minimum atomic E-state index is -3.49. The van der Waals surface area contributed by atoms with E-state index in [1.165, 1.54) is 23.0 Å². The molecule has 0 saturated carbocycles. The Labute approximate surface area is 204 Å². The molecule has 178 valence electrons. The van der Waals surface area contributed by atoms with Crippen molar-refractivity contribution >= 4 is 42.4 Å². The van der Waals surface area contributed by atoms with Crippen LogP contribution in [0.1, 0.15) is 43.1 Å². The van der Waals surface area contributed by atoms with Crippen LogP contribution in [0.25, 0.3) is 10.2 Å². The maximum Gasteiger partial charge on any atom is 0.260 e. The number of hydrogen-bond donors (Lipinski definition) is 0. The third-order valence-corrected chi connectivity index (χ3v) is 8.91. The van der Waals surface area contributed by atoms with E-state index in [9.17, 15) is 13.2 Å². The number of carbonyl (C=O) groups is 1. The largest absolute Gasteiger partial charge is 0.337 e. The van der Waals surface area contributed by atoms with Gasteiger partial charge < -0.3 is 4.57 Å². The van der Waals surface area contributed by atoms with Gasteiger partial charge in [0.25, 0.3) is 5.91 Å². The number of rotatable bonds is 9. The van der Waals surface area contributed by atoms with E-state index >= 15 is 0 Å². The molecular weight excluding hydrogens is 468 g/mol. The highest BCUT2D eigenvalue weighted by Gasteiger charge is 2.24. The van der Waals surface area contributed by atoms with Gasteiger partial charge in [-0.3, -0.25) is 9.69 Å². The molecule has 0 aliphatic heterocycles. The van der Waals surface area contributed by atoms with E-state index in [4.69, 9.17) is 4.98 Å². The van der Waals surface area contributed by atoms with Crippen LogP contribution in [0.15, 0.2) is 66.1 Å². The predicted molar refractivity (Wildman–Crippen MR) is 136 cm³/mol. The van der Waals surface area contributed by atoms with Crippen LogP contribution in [0.3, 0.4) is 0 Å². The molecule has 9 heteroatoms. The molecular formula is C25H28N4O3S2. The maximum atomic E-state index is 13.7. The monoisotopic (exact) mass is 496 g/mol. The van der Waals surface area contributed by atoms with Gasteiger partial charge in [-0.1, -0.05) is 30.4 Å². The van der Waals surface area contributed by atoms with E-state index in [1.807, 2.05) is 16.8 Å². The number of anilines is 1. The molecule has 2 aromatic carbocycles. The van der Waals surface area contributed by atoms with Crippen molar-refractivity contribution in [2.24, 2.45) is 0 Å². The highest BCUT2D eigenvalue weighted by molar-refractivity contribution is 7.92. The highest BCUT2D eigenvalue weighted by atomic mass is 32.2. The summed E-state index contributed by atoms with van der Waals surface area (Å²) in [5.41, 5.74) is 2.39. The van der Waals surface area contributed by atoms with E-state index in [1.54, 1.807) is 49.5 Å². The molecule has 0 N–H and O–H groups in total. The number of fused-ring (bicyclic) bond motifs is 1. The molecule has 4 rings (SSSR count). The Morgan fingerprint density at radius 2 is 2.00 bits per heavy atom. The Hall–Kier alpha value is -3.04. The molecule has 0 spiro atoms. The lowest BCUT2D eigenvalue weighted by molar-refractivity contribution is 0.0986. The van der Waals surface area contributed by atoms with Gasteiger partial charge in [-0.15, -0.1) is 0 Å². The first-order chi connectivity index (χ1) is 16.3. The van der Waals surface area contributed by atoms with Crippen LogP contribution in [0.4, 0.5) is 5.13 Å². The zero-order valence-electron chi connectivity index (χ0n) is 19.5. The van der Waals surface area contributed by atoms with Crippen LogP contribution < -0.4 is 4.90 Å². The van der Waals surface area contributed by atoms with Crippen molar-refractivity contribution < 1.29 is 13.2 Å². The lowest BCUT2D eigenvalue weighted by Gasteiger charge is -2.20. The van der Waals surface area contributed by atoms with Crippen molar-refractivity contribution in [3.05, 3.63) is 72.3 Å². The molecule has 1 amide bonds. The van der Waals surface area contributed by atoms with Crippen LogP contribution in [0.5, 0.6) is 0 Å². The van der Waals surface area contributed by atoms with Gasteiger partial charge in [0.2, 0.25) is 0 Å². The van der Waals surface area contributed by atoms with Gasteiger partial charge in [-0.05, 0) is 62.6 Å². The Balaban J connectivity index is 1.68. The maximum absolute atomic E-state index is 13.7. The number of thiazole rings is 1. The number of imidazole rings is 1. The quantitative estimate of drug-likeness (QED) is 0.326. The van der Waals surface area contributed by atoms with Gasteiger partial charge in [-0.25, -0.2) is 18.4 Å². The van der Waals surface area contributed by atoms with E-state index in [0.717, 1.165) is 16.6 Å². The van der Waals surface area contributed by atoms with Gasteiger partial charge in [0.15, 0.2) is 15.0 Å². The van der Waals surface area contributed by atoms with Crippen molar-refractivity contribution in [3.8, 4) is 0 Å². The summed E-state index contributed by atoms with van der Waals surface area (Å²) < 4.78 is 28.4. The van der Waals surface area contributed by atoms with Crippen molar-refractivity contribution in [2.75, 3.05) is 11.4 Å². The molecule has 0 unspecified atom stereocenters. The lowest BCUT2D eigenvalue weighted by Crippen LogP contribution is -2.32. The normalized spacial score (nSPS) is 11.9. The summed E-state index contributed by atoms with van der Waals surface area (Å²) >= 11 is 1.48. The average Bonchev–Trinajstić information content (AvgIpc) is 3.50. The second kappa shape index (κ2) is 10.1. The fraction of sp³-hybridized carbons (Fsp3) is 0.320. The molecule has 0 radical (unpaired) electrons. The summed E-state index contributed by atoms with van der Waals surface area (Å²) in [6.07, 6.45) is 6.98. The number of benzene rings is 2. The topological polar surface area (TPSA) is 85.2 Å². The first-order valence-electron chi connectivity index (χ1n) is 11.3. The molecule has 2 heterocycles. The molecule has 4 aromatic rings. The minimum Gasteiger partial charge on any atom is -0.337 e. The standard InChI is InChI=1S/C25H28N4O3S2/c1-4-19-9-10-22-23(15-19)33-25(27-22)29(13-6-12-28-14-11-26-17-28)24(30)20-7-5-8-21(16-20)34(31,32)18(2)3/h5,7-11,14-18H,4,6,12-13H2,1-3H3. The zero-order chi connectivity index (χ0) is 24.3. The molecule has 34 heavy (non-hydrogen) atoms. The van der Waals surface area contributed by atoms with E-state index in [0.29, 0.717) is 30.2 Å². The Morgan fingerprint density at radius 3 is 2.71 bits per heavy atom. The highest BCUT2D eigenvalue weighted by Crippen LogP contribution is 2.31. The number of aromatic nitrogens is 3. The van der Waals surface area contributed by atoms with Gasteiger partial charge in [0.1, 0.15) is 0 Å². The fourth-order valence-electron chi connectivity index (χ4n) is 3.64. The zero-order valence-corrected chi connectivity index (χ0v) is 21.1. The van der Waals surface area contributed by atoms with Crippen LogP contribution in [-0.2, 0) is 22.8 Å². The van der Waals surface area contributed by atoms with Crippen LogP contribution >= 0.6 is 11.3 Å². The second-order valence-electron chi connectivity index (χ2n) is 8.38. The summed E-state index contributed by atoms with van der Waals surface area (Å²) in [6, 6.07) is 12.4. The molecule has 0 bridgehead atoms. The first kappa shape index (κ1) is 24.1. The number of carbonyl (C=O) groups excluding carboxylic acids is 1. The number of hydrogen-bond acceptors (Lipinski definition) is 6. The third-order valence-electron chi connectivity index (χ3n) is 5.71. The van der Waals surface area contributed by atoms with Crippen LogP contribution in [-0.4, -0.2) is 40.7 Å².